The summed E-state index contributed by atoms with van der Waals surface area (Å²) in [5.74, 6) is 1.11. The van der Waals surface area contributed by atoms with Crippen LogP contribution in [0.3, 0.4) is 0 Å². The van der Waals surface area contributed by atoms with Gasteiger partial charge in [0, 0.05) is 11.4 Å². The van der Waals surface area contributed by atoms with Crippen molar-refractivity contribution in [1.82, 2.24) is 15.0 Å². The summed E-state index contributed by atoms with van der Waals surface area (Å²) in [7, 11) is 0. The number of hydrogen-bond acceptors (Lipinski definition) is 6. The molecule has 0 aromatic carbocycles. The Balaban J connectivity index is 1.66. The molecule has 0 radical (unpaired) electrons. The summed E-state index contributed by atoms with van der Waals surface area (Å²) in [5, 5.41) is 7.91. The Morgan fingerprint density at radius 2 is 2.09 bits per heavy atom. The van der Waals surface area contributed by atoms with E-state index in [1.165, 1.54) is 0 Å². The number of aromatic nitrogens is 2. The summed E-state index contributed by atoms with van der Waals surface area (Å²) in [5.41, 5.74) is 0. The molecule has 0 aliphatic rings. The third kappa shape index (κ3) is 3.42. The second kappa shape index (κ2) is 6.85. The number of rotatable bonds is 6. The minimum atomic E-state index is 0.0702. The van der Waals surface area contributed by atoms with E-state index in [-0.39, 0.29) is 5.91 Å². The Hall–Kier alpha value is -1.99. The van der Waals surface area contributed by atoms with Gasteiger partial charge in [0.1, 0.15) is 0 Å². The number of thiophene rings is 2. The van der Waals surface area contributed by atoms with Gasteiger partial charge in [-0.3, -0.25) is 4.79 Å². The minimum Gasteiger partial charge on any atom is -0.337 e. The van der Waals surface area contributed by atoms with Gasteiger partial charge in [-0.1, -0.05) is 17.3 Å². The second-order valence-electron chi connectivity index (χ2n) is 4.65. The number of likely N-dealkylation sites (N-methyl/N-ethyl adjacent to an activating group) is 1. The maximum Gasteiger partial charge on any atom is 0.246 e. The highest BCUT2D eigenvalue weighted by molar-refractivity contribution is 7.13. The van der Waals surface area contributed by atoms with E-state index in [2.05, 4.69) is 10.1 Å². The number of carbonyl (C=O) groups is 1. The van der Waals surface area contributed by atoms with Crippen LogP contribution >= 0.6 is 22.7 Å². The van der Waals surface area contributed by atoms with Gasteiger partial charge in [-0.15, -0.1) is 22.7 Å². The summed E-state index contributed by atoms with van der Waals surface area (Å²) in [4.78, 5) is 20.4. The number of amides is 1. The average Bonchev–Trinajstić information content (AvgIpc) is 3.25. The first kappa shape index (κ1) is 14.9. The first-order chi connectivity index (χ1) is 10.8. The van der Waals surface area contributed by atoms with E-state index in [9.17, 15) is 4.79 Å². The highest BCUT2D eigenvalue weighted by Gasteiger charge is 2.17. The molecule has 3 aromatic rings. The first-order valence-electron chi connectivity index (χ1n) is 6.93. The molecule has 114 valence electrons. The normalized spacial score (nSPS) is 10.8. The standard InChI is InChI=1S/C15H15N3O2S2/c1-2-18(14(19)9-11-5-3-7-21-11)10-13-16-15(17-20-13)12-6-4-8-22-12/h3-8H,2,9-10H2,1H3. The van der Waals surface area contributed by atoms with Crippen LogP contribution < -0.4 is 0 Å². The van der Waals surface area contributed by atoms with Crippen molar-refractivity contribution in [1.29, 1.82) is 0 Å². The zero-order chi connectivity index (χ0) is 15.4. The van der Waals surface area contributed by atoms with E-state index >= 15 is 0 Å². The number of carbonyl (C=O) groups excluding carboxylic acids is 1. The molecule has 3 heterocycles. The van der Waals surface area contributed by atoms with E-state index in [4.69, 9.17) is 4.52 Å². The summed E-state index contributed by atoms with van der Waals surface area (Å²) in [6, 6.07) is 7.81. The van der Waals surface area contributed by atoms with Gasteiger partial charge < -0.3 is 9.42 Å². The summed E-state index contributed by atoms with van der Waals surface area (Å²) in [6.45, 7) is 2.91. The molecular weight excluding hydrogens is 318 g/mol. The van der Waals surface area contributed by atoms with Crippen LogP contribution in [0.4, 0.5) is 0 Å². The quantitative estimate of drug-likeness (QED) is 0.693. The predicted octanol–water partition coefficient (Wildman–Crippen LogP) is 3.45. The monoisotopic (exact) mass is 333 g/mol. The SMILES string of the molecule is CCN(Cc1nc(-c2cccs2)no1)C(=O)Cc1cccs1. The molecule has 0 atom stereocenters. The van der Waals surface area contributed by atoms with Gasteiger partial charge in [0.25, 0.3) is 0 Å². The largest absolute Gasteiger partial charge is 0.337 e. The second-order valence-corrected chi connectivity index (χ2v) is 6.63. The lowest BCUT2D eigenvalue weighted by atomic mass is 10.3. The molecule has 0 spiro atoms. The molecule has 22 heavy (non-hydrogen) atoms. The zero-order valence-corrected chi connectivity index (χ0v) is 13.7. The van der Waals surface area contributed by atoms with Gasteiger partial charge in [0.2, 0.25) is 17.6 Å². The predicted molar refractivity (Wildman–Crippen MR) is 86.7 cm³/mol. The third-order valence-electron chi connectivity index (χ3n) is 3.18. The highest BCUT2D eigenvalue weighted by Crippen LogP contribution is 2.21. The fourth-order valence-electron chi connectivity index (χ4n) is 2.04. The van der Waals surface area contributed by atoms with E-state index in [1.54, 1.807) is 27.6 Å². The summed E-state index contributed by atoms with van der Waals surface area (Å²) < 4.78 is 5.26. The topological polar surface area (TPSA) is 59.2 Å². The molecule has 5 nitrogen and oxygen atoms in total. The lowest BCUT2D eigenvalue weighted by Crippen LogP contribution is -2.31. The van der Waals surface area contributed by atoms with Crippen molar-refractivity contribution >= 4 is 28.6 Å². The lowest BCUT2D eigenvalue weighted by Gasteiger charge is -2.18. The maximum atomic E-state index is 12.3. The molecule has 0 saturated carbocycles. The molecule has 3 aromatic heterocycles. The van der Waals surface area contributed by atoms with Gasteiger partial charge >= 0.3 is 0 Å². The molecule has 3 rings (SSSR count). The van der Waals surface area contributed by atoms with Crippen LogP contribution in [0.15, 0.2) is 39.5 Å². The van der Waals surface area contributed by atoms with Crippen LogP contribution in [0.1, 0.15) is 17.7 Å². The minimum absolute atomic E-state index is 0.0702. The van der Waals surface area contributed by atoms with Crippen molar-refractivity contribution in [3.05, 3.63) is 45.8 Å². The molecule has 1 amide bonds. The van der Waals surface area contributed by atoms with Gasteiger partial charge in [0.05, 0.1) is 17.8 Å². The van der Waals surface area contributed by atoms with Crippen LogP contribution in [0, 0.1) is 0 Å². The van der Waals surface area contributed by atoms with Crippen molar-refractivity contribution in [2.75, 3.05) is 6.54 Å². The molecule has 0 unspecified atom stereocenters. The van der Waals surface area contributed by atoms with Gasteiger partial charge in [0.15, 0.2) is 0 Å². The van der Waals surface area contributed by atoms with E-state index in [0.29, 0.717) is 31.2 Å². The highest BCUT2D eigenvalue weighted by atomic mass is 32.1. The Morgan fingerprint density at radius 3 is 2.77 bits per heavy atom. The Labute approximate surface area is 136 Å². The van der Waals surface area contributed by atoms with E-state index in [1.807, 2.05) is 41.9 Å². The Morgan fingerprint density at radius 1 is 1.27 bits per heavy atom. The van der Waals surface area contributed by atoms with Crippen molar-refractivity contribution in [2.24, 2.45) is 0 Å². The molecular formula is C15H15N3O2S2. The molecule has 0 aliphatic heterocycles. The summed E-state index contributed by atoms with van der Waals surface area (Å²) >= 11 is 3.15. The number of nitrogens with zero attached hydrogens (tertiary/aromatic N) is 3. The van der Waals surface area contributed by atoms with E-state index in [0.717, 1.165) is 9.75 Å². The number of hydrogen-bond donors (Lipinski definition) is 0. The lowest BCUT2D eigenvalue weighted by molar-refractivity contribution is -0.131. The van der Waals surface area contributed by atoms with Gasteiger partial charge in [-0.05, 0) is 29.8 Å². The Kier molecular flexibility index (Phi) is 4.65. The van der Waals surface area contributed by atoms with Crippen LogP contribution in [-0.4, -0.2) is 27.5 Å². The zero-order valence-electron chi connectivity index (χ0n) is 12.1. The molecule has 0 bridgehead atoms. The van der Waals surface area contributed by atoms with Gasteiger partial charge in [-0.2, -0.15) is 4.98 Å². The van der Waals surface area contributed by atoms with Crippen molar-refractivity contribution in [3.63, 3.8) is 0 Å². The Bertz CT molecular complexity index is 720. The van der Waals surface area contributed by atoms with E-state index < -0.39 is 0 Å². The van der Waals surface area contributed by atoms with Crippen molar-refractivity contribution in [2.45, 2.75) is 19.9 Å². The van der Waals surface area contributed by atoms with Crippen LogP contribution in [0.25, 0.3) is 10.7 Å². The smallest absolute Gasteiger partial charge is 0.246 e. The average molecular weight is 333 g/mol. The van der Waals surface area contributed by atoms with Crippen molar-refractivity contribution in [3.8, 4) is 10.7 Å². The van der Waals surface area contributed by atoms with Crippen molar-refractivity contribution < 1.29 is 9.32 Å². The van der Waals surface area contributed by atoms with Crippen LogP contribution in [0.5, 0.6) is 0 Å². The fraction of sp³-hybridized carbons (Fsp3) is 0.267. The first-order valence-corrected chi connectivity index (χ1v) is 8.69. The molecule has 0 N–H and O–H groups in total. The third-order valence-corrected chi connectivity index (χ3v) is 4.92. The van der Waals surface area contributed by atoms with Gasteiger partial charge in [-0.25, -0.2) is 0 Å². The fourth-order valence-corrected chi connectivity index (χ4v) is 3.38. The molecule has 0 aliphatic carbocycles. The molecule has 0 fully saturated rings. The van der Waals surface area contributed by atoms with Crippen LogP contribution in [0.2, 0.25) is 0 Å². The summed E-state index contributed by atoms with van der Waals surface area (Å²) in [6.07, 6.45) is 0.414. The molecule has 0 saturated heterocycles. The maximum absolute atomic E-state index is 12.3. The van der Waals surface area contributed by atoms with Crippen LogP contribution in [-0.2, 0) is 17.8 Å². The molecule has 7 heteroatoms.